The van der Waals surface area contributed by atoms with Crippen molar-refractivity contribution < 1.29 is 5.11 Å². The van der Waals surface area contributed by atoms with Crippen LogP contribution in [0.5, 0.6) is 0 Å². The fourth-order valence-corrected chi connectivity index (χ4v) is 2.89. The van der Waals surface area contributed by atoms with Gasteiger partial charge in [-0.25, -0.2) is 0 Å². The lowest BCUT2D eigenvalue weighted by atomic mass is 10.0. The van der Waals surface area contributed by atoms with E-state index in [0.29, 0.717) is 24.6 Å². The first kappa shape index (κ1) is 10.4. The van der Waals surface area contributed by atoms with Crippen LogP contribution in [0.15, 0.2) is 0 Å². The summed E-state index contributed by atoms with van der Waals surface area (Å²) in [4.78, 5) is 2.52. The van der Waals surface area contributed by atoms with Crippen LogP contribution in [-0.2, 0) is 0 Å². The van der Waals surface area contributed by atoms with Gasteiger partial charge in [0.1, 0.15) is 0 Å². The smallest absolute Gasteiger partial charge is 0.0589 e. The summed E-state index contributed by atoms with van der Waals surface area (Å²) in [5, 5.41) is 12.8. The molecule has 2 saturated heterocycles. The third-order valence-electron chi connectivity index (χ3n) is 3.85. The summed E-state index contributed by atoms with van der Waals surface area (Å²) in [6.07, 6.45) is 3.84. The van der Waals surface area contributed by atoms with Crippen LogP contribution >= 0.6 is 0 Å². The standard InChI is InChI=1S/C11H22N2O/c1-9-4-6-13(11(9)8-14)10-3-2-5-12-7-10/h9-12,14H,2-8H2,1H3. The van der Waals surface area contributed by atoms with Gasteiger partial charge in [-0.1, -0.05) is 6.92 Å². The molecule has 82 valence electrons. The van der Waals surface area contributed by atoms with Crippen molar-refractivity contribution in [3.63, 3.8) is 0 Å². The Labute approximate surface area is 86.5 Å². The number of aliphatic hydroxyl groups excluding tert-OH is 1. The normalized spacial score (nSPS) is 40.3. The van der Waals surface area contributed by atoms with Crippen LogP contribution in [0.2, 0.25) is 0 Å². The maximum absolute atomic E-state index is 9.38. The number of piperidine rings is 1. The van der Waals surface area contributed by atoms with E-state index < -0.39 is 0 Å². The van der Waals surface area contributed by atoms with Crippen LogP contribution in [0, 0.1) is 5.92 Å². The summed E-state index contributed by atoms with van der Waals surface area (Å²) in [5.41, 5.74) is 0. The fraction of sp³-hybridized carbons (Fsp3) is 1.00. The van der Waals surface area contributed by atoms with Crippen molar-refractivity contribution in [1.29, 1.82) is 0 Å². The Bertz CT molecular complexity index is 180. The van der Waals surface area contributed by atoms with Crippen molar-refractivity contribution >= 4 is 0 Å². The lowest BCUT2D eigenvalue weighted by Crippen LogP contribution is -2.49. The van der Waals surface area contributed by atoms with Crippen molar-refractivity contribution in [2.75, 3.05) is 26.2 Å². The zero-order valence-corrected chi connectivity index (χ0v) is 9.08. The van der Waals surface area contributed by atoms with Crippen LogP contribution in [-0.4, -0.2) is 48.3 Å². The van der Waals surface area contributed by atoms with E-state index in [0.717, 1.165) is 6.54 Å². The van der Waals surface area contributed by atoms with Gasteiger partial charge in [0.15, 0.2) is 0 Å². The maximum atomic E-state index is 9.38. The highest BCUT2D eigenvalue weighted by molar-refractivity contribution is 4.90. The minimum Gasteiger partial charge on any atom is -0.395 e. The monoisotopic (exact) mass is 198 g/mol. The zero-order chi connectivity index (χ0) is 9.97. The first-order valence-corrected chi connectivity index (χ1v) is 5.90. The molecule has 0 spiro atoms. The number of nitrogens with one attached hydrogen (secondary N) is 1. The van der Waals surface area contributed by atoms with E-state index in [2.05, 4.69) is 17.1 Å². The van der Waals surface area contributed by atoms with E-state index in [1.807, 2.05) is 0 Å². The van der Waals surface area contributed by atoms with E-state index in [9.17, 15) is 5.11 Å². The zero-order valence-electron chi connectivity index (χ0n) is 9.08. The highest BCUT2D eigenvalue weighted by Gasteiger charge is 2.35. The number of aliphatic hydroxyl groups is 1. The van der Waals surface area contributed by atoms with Gasteiger partial charge in [-0.15, -0.1) is 0 Å². The van der Waals surface area contributed by atoms with Crippen molar-refractivity contribution in [3.05, 3.63) is 0 Å². The van der Waals surface area contributed by atoms with Crippen molar-refractivity contribution in [3.8, 4) is 0 Å². The number of rotatable bonds is 2. The molecule has 3 unspecified atom stereocenters. The van der Waals surface area contributed by atoms with Crippen LogP contribution in [0.3, 0.4) is 0 Å². The van der Waals surface area contributed by atoms with Gasteiger partial charge in [0.25, 0.3) is 0 Å². The van der Waals surface area contributed by atoms with E-state index >= 15 is 0 Å². The number of hydrogen-bond donors (Lipinski definition) is 2. The SMILES string of the molecule is CC1CCN(C2CCCNC2)C1CO. The van der Waals surface area contributed by atoms with Crippen LogP contribution in [0.25, 0.3) is 0 Å². The molecule has 0 saturated carbocycles. The first-order chi connectivity index (χ1) is 6.83. The Morgan fingerprint density at radius 1 is 1.43 bits per heavy atom. The molecule has 2 aliphatic rings. The third-order valence-corrected chi connectivity index (χ3v) is 3.85. The highest BCUT2D eigenvalue weighted by atomic mass is 16.3. The molecule has 2 fully saturated rings. The molecule has 2 N–H and O–H groups in total. The molecular weight excluding hydrogens is 176 g/mol. The molecule has 0 radical (unpaired) electrons. The van der Waals surface area contributed by atoms with Gasteiger partial charge >= 0.3 is 0 Å². The largest absolute Gasteiger partial charge is 0.395 e. The topological polar surface area (TPSA) is 35.5 Å². The summed E-state index contributed by atoms with van der Waals surface area (Å²) >= 11 is 0. The second-order valence-electron chi connectivity index (χ2n) is 4.75. The van der Waals surface area contributed by atoms with Crippen molar-refractivity contribution in [1.82, 2.24) is 10.2 Å². The average molecular weight is 198 g/mol. The molecular formula is C11H22N2O. The van der Waals surface area contributed by atoms with E-state index in [1.165, 1.54) is 32.4 Å². The molecule has 3 heteroatoms. The minimum atomic E-state index is 0.331. The van der Waals surface area contributed by atoms with Gasteiger partial charge in [-0.05, 0) is 38.3 Å². The molecule has 0 amide bonds. The Hall–Kier alpha value is -0.120. The molecule has 0 aromatic carbocycles. The Kier molecular flexibility index (Phi) is 3.42. The Balaban J connectivity index is 1.95. The van der Waals surface area contributed by atoms with Gasteiger partial charge in [0.05, 0.1) is 6.61 Å². The second kappa shape index (κ2) is 4.60. The Morgan fingerprint density at radius 2 is 2.29 bits per heavy atom. The summed E-state index contributed by atoms with van der Waals surface area (Å²) in [6, 6.07) is 1.09. The van der Waals surface area contributed by atoms with Gasteiger partial charge in [-0.3, -0.25) is 4.90 Å². The second-order valence-corrected chi connectivity index (χ2v) is 4.75. The molecule has 3 atom stereocenters. The number of hydrogen-bond acceptors (Lipinski definition) is 3. The maximum Gasteiger partial charge on any atom is 0.0589 e. The molecule has 2 aliphatic heterocycles. The first-order valence-electron chi connectivity index (χ1n) is 5.90. The fourth-order valence-electron chi connectivity index (χ4n) is 2.89. The Morgan fingerprint density at radius 3 is 2.93 bits per heavy atom. The van der Waals surface area contributed by atoms with Crippen LogP contribution in [0.4, 0.5) is 0 Å². The van der Waals surface area contributed by atoms with Gasteiger partial charge in [-0.2, -0.15) is 0 Å². The summed E-state index contributed by atoms with van der Waals surface area (Å²) in [7, 11) is 0. The summed E-state index contributed by atoms with van der Waals surface area (Å²) < 4.78 is 0. The molecule has 2 rings (SSSR count). The van der Waals surface area contributed by atoms with Crippen LogP contribution < -0.4 is 5.32 Å². The van der Waals surface area contributed by atoms with E-state index in [-0.39, 0.29) is 0 Å². The quantitative estimate of drug-likeness (QED) is 0.676. The molecule has 0 aliphatic carbocycles. The highest BCUT2D eigenvalue weighted by Crippen LogP contribution is 2.27. The van der Waals surface area contributed by atoms with Crippen molar-refractivity contribution in [2.45, 2.75) is 38.3 Å². The molecule has 3 nitrogen and oxygen atoms in total. The number of likely N-dealkylation sites (tertiary alicyclic amines) is 1. The lowest BCUT2D eigenvalue weighted by molar-refractivity contribution is 0.0900. The number of nitrogens with zero attached hydrogens (tertiary/aromatic N) is 1. The van der Waals surface area contributed by atoms with E-state index in [1.54, 1.807) is 0 Å². The molecule has 2 heterocycles. The van der Waals surface area contributed by atoms with E-state index in [4.69, 9.17) is 0 Å². The summed E-state index contributed by atoms with van der Waals surface area (Å²) in [6.45, 7) is 6.06. The third kappa shape index (κ3) is 1.95. The van der Waals surface area contributed by atoms with Crippen LogP contribution in [0.1, 0.15) is 26.2 Å². The average Bonchev–Trinajstić information content (AvgIpc) is 2.61. The molecule has 0 aromatic rings. The van der Waals surface area contributed by atoms with Gasteiger partial charge in [0.2, 0.25) is 0 Å². The molecule has 0 bridgehead atoms. The molecule has 0 aromatic heterocycles. The predicted molar refractivity (Wildman–Crippen MR) is 57.3 cm³/mol. The lowest BCUT2D eigenvalue weighted by Gasteiger charge is -2.36. The van der Waals surface area contributed by atoms with Crippen molar-refractivity contribution in [2.24, 2.45) is 5.92 Å². The minimum absolute atomic E-state index is 0.331. The van der Waals surface area contributed by atoms with Gasteiger partial charge < -0.3 is 10.4 Å². The summed E-state index contributed by atoms with van der Waals surface area (Å²) in [5.74, 6) is 0.668. The van der Waals surface area contributed by atoms with Gasteiger partial charge in [0, 0.05) is 18.6 Å². The molecule has 14 heavy (non-hydrogen) atoms. The predicted octanol–water partition coefficient (Wildman–Crippen LogP) is 0.441.